The van der Waals surface area contributed by atoms with Crippen molar-refractivity contribution in [2.24, 2.45) is 0 Å². The van der Waals surface area contributed by atoms with Crippen LogP contribution in [0, 0.1) is 0 Å². The molecule has 1 N–H and O–H groups in total. The van der Waals surface area contributed by atoms with Gasteiger partial charge in [0, 0.05) is 43.1 Å². The van der Waals surface area contributed by atoms with Crippen LogP contribution in [0.5, 0.6) is 0 Å². The average Bonchev–Trinajstić information content (AvgIpc) is 3.19. The van der Waals surface area contributed by atoms with Gasteiger partial charge >= 0.3 is 0 Å². The number of oxazole rings is 1. The summed E-state index contributed by atoms with van der Waals surface area (Å²) < 4.78 is 5.76. The van der Waals surface area contributed by atoms with Crippen LogP contribution in [-0.2, 0) is 11.2 Å². The summed E-state index contributed by atoms with van der Waals surface area (Å²) in [7, 11) is 3.43. The van der Waals surface area contributed by atoms with Crippen LogP contribution in [0.1, 0.15) is 18.7 Å². The van der Waals surface area contributed by atoms with Crippen LogP contribution < -0.4 is 5.32 Å². The molecule has 0 unspecified atom stereocenters. The number of anilines is 1. The first-order chi connectivity index (χ1) is 14.0. The molecule has 0 atom stereocenters. The van der Waals surface area contributed by atoms with E-state index in [2.05, 4.69) is 10.3 Å². The van der Waals surface area contributed by atoms with Gasteiger partial charge < -0.3 is 14.6 Å². The lowest BCUT2D eigenvalue weighted by Crippen LogP contribution is -2.16. The third-order valence-corrected chi connectivity index (χ3v) is 5.16. The zero-order valence-corrected chi connectivity index (χ0v) is 17.2. The molecule has 0 saturated carbocycles. The van der Waals surface area contributed by atoms with Gasteiger partial charge in [-0.1, -0.05) is 30.3 Å². The number of benzene rings is 2. The predicted molar refractivity (Wildman–Crippen MR) is 115 cm³/mol. The lowest BCUT2D eigenvalue weighted by molar-refractivity contribution is -0.116. The summed E-state index contributed by atoms with van der Waals surface area (Å²) in [5.41, 5.74) is 1.69. The number of nitrogens with zero attached hydrogens (tertiary/aromatic N) is 2. The highest BCUT2D eigenvalue weighted by atomic mass is 32.2. The molecule has 0 spiro atoms. The van der Waals surface area contributed by atoms with Crippen molar-refractivity contribution in [3.05, 3.63) is 66.7 Å². The summed E-state index contributed by atoms with van der Waals surface area (Å²) in [6.45, 7) is 0. The van der Waals surface area contributed by atoms with Gasteiger partial charge in [0.05, 0.1) is 6.20 Å². The maximum absolute atomic E-state index is 12.2. The number of nitrogens with one attached hydrogen (secondary N) is 1. The third kappa shape index (κ3) is 6.22. The van der Waals surface area contributed by atoms with E-state index in [4.69, 9.17) is 4.42 Å². The molecular weight excluding hydrogens is 386 g/mol. The molecule has 7 heteroatoms. The Morgan fingerprint density at radius 2 is 1.79 bits per heavy atom. The Labute approximate surface area is 174 Å². The quantitative estimate of drug-likeness (QED) is 0.551. The SMILES string of the molecule is CN(C)C(=O)Sc1ccc(NC(=O)CCCc2ncc(-c3ccccc3)o2)cc1. The Kier molecular flexibility index (Phi) is 7.08. The largest absolute Gasteiger partial charge is 0.441 e. The zero-order valence-electron chi connectivity index (χ0n) is 16.4. The molecule has 3 aromatic rings. The van der Waals surface area contributed by atoms with E-state index < -0.39 is 0 Å². The second-order valence-electron chi connectivity index (χ2n) is 6.67. The lowest BCUT2D eigenvalue weighted by atomic mass is 10.2. The van der Waals surface area contributed by atoms with Crippen LogP contribution in [0.4, 0.5) is 10.5 Å². The van der Waals surface area contributed by atoms with Gasteiger partial charge in [0.15, 0.2) is 11.7 Å². The summed E-state index contributed by atoms with van der Waals surface area (Å²) >= 11 is 1.15. The second kappa shape index (κ2) is 9.93. The van der Waals surface area contributed by atoms with Crippen molar-refractivity contribution in [3.63, 3.8) is 0 Å². The molecule has 0 bridgehead atoms. The molecule has 29 heavy (non-hydrogen) atoms. The van der Waals surface area contributed by atoms with Crippen molar-refractivity contribution < 1.29 is 14.0 Å². The Balaban J connectivity index is 1.43. The smallest absolute Gasteiger partial charge is 0.285 e. The third-order valence-electron chi connectivity index (χ3n) is 4.11. The Hall–Kier alpha value is -3.06. The van der Waals surface area contributed by atoms with E-state index in [0.29, 0.717) is 30.8 Å². The van der Waals surface area contributed by atoms with Crippen LogP contribution in [0.3, 0.4) is 0 Å². The van der Waals surface area contributed by atoms with Crippen molar-refractivity contribution >= 4 is 28.6 Å². The second-order valence-corrected chi connectivity index (χ2v) is 7.70. The fourth-order valence-electron chi connectivity index (χ4n) is 2.58. The minimum absolute atomic E-state index is 0.0382. The minimum Gasteiger partial charge on any atom is -0.441 e. The number of hydrogen-bond donors (Lipinski definition) is 1. The summed E-state index contributed by atoms with van der Waals surface area (Å²) in [5, 5.41) is 2.83. The summed E-state index contributed by atoms with van der Waals surface area (Å²) in [4.78, 5) is 30.5. The van der Waals surface area contributed by atoms with E-state index in [-0.39, 0.29) is 11.1 Å². The molecule has 0 aliphatic heterocycles. The van der Waals surface area contributed by atoms with E-state index >= 15 is 0 Å². The van der Waals surface area contributed by atoms with Gasteiger partial charge in [-0.25, -0.2) is 4.98 Å². The van der Waals surface area contributed by atoms with Crippen LogP contribution in [0.2, 0.25) is 0 Å². The van der Waals surface area contributed by atoms with E-state index in [0.717, 1.165) is 28.0 Å². The highest BCUT2D eigenvalue weighted by molar-refractivity contribution is 8.13. The highest BCUT2D eigenvalue weighted by Crippen LogP contribution is 2.23. The Morgan fingerprint density at radius 3 is 2.48 bits per heavy atom. The van der Waals surface area contributed by atoms with Crippen molar-refractivity contribution in [1.82, 2.24) is 9.88 Å². The number of hydrogen-bond acceptors (Lipinski definition) is 5. The van der Waals surface area contributed by atoms with Crippen LogP contribution in [0.15, 0.2) is 70.1 Å². The lowest BCUT2D eigenvalue weighted by Gasteiger charge is -2.09. The number of thioether (sulfide) groups is 1. The first-order valence-electron chi connectivity index (χ1n) is 9.30. The topological polar surface area (TPSA) is 75.4 Å². The van der Waals surface area contributed by atoms with Crippen molar-refractivity contribution in [2.45, 2.75) is 24.2 Å². The van der Waals surface area contributed by atoms with Gasteiger partial charge in [0.1, 0.15) is 0 Å². The van der Waals surface area contributed by atoms with Crippen LogP contribution >= 0.6 is 11.8 Å². The molecule has 0 saturated heterocycles. The molecule has 2 amide bonds. The van der Waals surface area contributed by atoms with E-state index in [9.17, 15) is 9.59 Å². The molecule has 0 aliphatic carbocycles. The van der Waals surface area contributed by atoms with Gasteiger partial charge in [-0.05, 0) is 42.4 Å². The number of amides is 2. The van der Waals surface area contributed by atoms with Crippen LogP contribution in [0.25, 0.3) is 11.3 Å². The average molecular weight is 410 g/mol. The molecule has 3 rings (SSSR count). The number of carbonyl (C=O) groups excluding carboxylic acids is 2. The molecule has 1 heterocycles. The molecule has 6 nitrogen and oxygen atoms in total. The van der Waals surface area contributed by atoms with E-state index in [1.165, 1.54) is 4.90 Å². The van der Waals surface area contributed by atoms with Gasteiger partial charge in [-0.15, -0.1) is 0 Å². The molecule has 2 aromatic carbocycles. The summed E-state index contributed by atoms with van der Waals surface area (Å²) in [5.74, 6) is 1.30. The maximum Gasteiger partial charge on any atom is 0.285 e. The number of aryl methyl sites for hydroxylation is 1. The first-order valence-corrected chi connectivity index (χ1v) is 10.1. The molecule has 1 aromatic heterocycles. The molecule has 0 fully saturated rings. The van der Waals surface area contributed by atoms with Crippen molar-refractivity contribution in [3.8, 4) is 11.3 Å². The molecular formula is C22H23N3O3S. The van der Waals surface area contributed by atoms with Gasteiger partial charge in [0.2, 0.25) is 5.91 Å². The predicted octanol–water partition coefficient (Wildman–Crippen LogP) is 5.08. The van der Waals surface area contributed by atoms with E-state index in [1.807, 2.05) is 42.5 Å². The Morgan fingerprint density at radius 1 is 1.07 bits per heavy atom. The van der Waals surface area contributed by atoms with Gasteiger partial charge in [0.25, 0.3) is 5.24 Å². The van der Waals surface area contributed by atoms with Crippen molar-refractivity contribution in [1.29, 1.82) is 0 Å². The summed E-state index contributed by atoms with van der Waals surface area (Å²) in [6, 6.07) is 17.0. The number of aromatic nitrogens is 1. The number of rotatable bonds is 7. The molecule has 150 valence electrons. The Bertz CT molecular complexity index is 953. The van der Waals surface area contributed by atoms with E-state index in [1.54, 1.807) is 32.4 Å². The normalized spacial score (nSPS) is 10.6. The highest BCUT2D eigenvalue weighted by Gasteiger charge is 2.09. The number of carbonyl (C=O) groups is 2. The summed E-state index contributed by atoms with van der Waals surface area (Å²) in [6.07, 6.45) is 3.33. The van der Waals surface area contributed by atoms with Gasteiger partial charge in [-0.2, -0.15) is 0 Å². The standard InChI is InChI=1S/C22H23N3O3S/c1-25(2)22(27)29-18-13-11-17(12-14-18)24-20(26)9-6-10-21-23-15-19(28-21)16-7-4-3-5-8-16/h3-5,7-8,11-15H,6,9-10H2,1-2H3,(H,24,26). The fourth-order valence-corrected chi connectivity index (χ4v) is 3.24. The first kappa shape index (κ1) is 20.7. The molecule has 0 radical (unpaired) electrons. The fraction of sp³-hybridized carbons (Fsp3) is 0.227. The van der Waals surface area contributed by atoms with Crippen LogP contribution in [-0.4, -0.2) is 35.1 Å². The zero-order chi connectivity index (χ0) is 20.6. The molecule has 0 aliphatic rings. The van der Waals surface area contributed by atoms with Crippen molar-refractivity contribution in [2.75, 3.05) is 19.4 Å². The monoisotopic (exact) mass is 409 g/mol. The maximum atomic E-state index is 12.2. The van der Waals surface area contributed by atoms with Gasteiger partial charge in [-0.3, -0.25) is 9.59 Å². The minimum atomic E-state index is -0.0652.